The Morgan fingerprint density at radius 2 is 2.33 bits per heavy atom. The predicted octanol–water partition coefficient (Wildman–Crippen LogP) is 2.66. The Balaban J connectivity index is 2.02. The van der Waals surface area contributed by atoms with E-state index >= 15 is 0 Å². The van der Waals surface area contributed by atoms with Gasteiger partial charge < -0.3 is 5.32 Å². The van der Waals surface area contributed by atoms with Crippen molar-refractivity contribution in [3.63, 3.8) is 0 Å². The van der Waals surface area contributed by atoms with E-state index in [4.69, 9.17) is 0 Å². The summed E-state index contributed by atoms with van der Waals surface area (Å²) in [6.07, 6.45) is 3.26. The van der Waals surface area contributed by atoms with Gasteiger partial charge in [-0.2, -0.15) is 0 Å². The molecule has 0 aliphatic carbocycles. The van der Waals surface area contributed by atoms with Crippen LogP contribution >= 0.6 is 11.3 Å². The smallest absolute Gasteiger partial charge is 0.0897 e. The third-order valence-corrected chi connectivity index (χ3v) is 4.76. The van der Waals surface area contributed by atoms with Gasteiger partial charge in [-0.25, -0.2) is 4.98 Å². The molecule has 102 valence electrons. The van der Waals surface area contributed by atoms with Crippen molar-refractivity contribution in [1.29, 1.82) is 0 Å². The zero-order chi connectivity index (χ0) is 13.1. The molecule has 18 heavy (non-hydrogen) atoms. The maximum absolute atomic E-state index is 4.36. The number of aryl methyl sites for hydroxylation is 1. The minimum absolute atomic E-state index is 0.627. The molecular weight excluding hydrogens is 242 g/mol. The van der Waals surface area contributed by atoms with Crippen molar-refractivity contribution in [3.05, 3.63) is 16.1 Å². The molecule has 2 heterocycles. The van der Waals surface area contributed by atoms with Gasteiger partial charge in [0.1, 0.15) is 0 Å². The molecule has 2 atom stereocenters. The van der Waals surface area contributed by atoms with Crippen molar-refractivity contribution in [2.75, 3.05) is 13.1 Å². The minimum atomic E-state index is 0.627. The predicted molar refractivity (Wildman–Crippen MR) is 78.0 cm³/mol. The van der Waals surface area contributed by atoms with Crippen LogP contribution < -0.4 is 5.32 Å². The van der Waals surface area contributed by atoms with Gasteiger partial charge in [-0.05, 0) is 19.3 Å². The van der Waals surface area contributed by atoms with Gasteiger partial charge in [-0.15, -0.1) is 11.3 Å². The van der Waals surface area contributed by atoms with Crippen LogP contribution in [-0.2, 0) is 6.54 Å². The van der Waals surface area contributed by atoms with E-state index in [1.165, 1.54) is 16.3 Å². The Morgan fingerprint density at radius 3 is 2.89 bits per heavy atom. The summed E-state index contributed by atoms with van der Waals surface area (Å²) in [6.45, 7) is 12.3. The van der Waals surface area contributed by atoms with Gasteiger partial charge in [0.05, 0.1) is 5.01 Å². The van der Waals surface area contributed by atoms with Gasteiger partial charge in [-0.1, -0.05) is 20.8 Å². The van der Waals surface area contributed by atoms with Crippen LogP contribution in [0.1, 0.15) is 37.1 Å². The Morgan fingerprint density at radius 1 is 1.56 bits per heavy atom. The summed E-state index contributed by atoms with van der Waals surface area (Å²) in [4.78, 5) is 8.39. The van der Waals surface area contributed by atoms with Crippen LogP contribution in [0.15, 0.2) is 6.20 Å². The molecule has 0 bridgehead atoms. The van der Waals surface area contributed by atoms with Gasteiger partial charge in [-0.3, -0.25) is 4.90 Å². The SMILES string of the molecule is CCC1CNC(C(C)C)CN1Cc1cnc(C)s1. The summed E-state index contributed by atoms with van der Waals surface area (Å²) < 4.78 is 0. The molecule has 0 aromatic carbocycles. The fourth-order valence-corrected chi connectivity index (χ4v) is 3.42. The first-order valence-corrected chi connectivity index (χ1v) is 7.80. The highest BCUT2D eigenvalue weighted by Gasteiger charge is 2.28. The van der Waals surface area contributed by atoms with E-state index in [9.17, 15) is 0 Å². The minimum Gasteiger partial charge on any atom is -0.311 e. The summed E-state index contributed by atoms with van der Waals surface area (Å²) >= 11 is 1.83. The van der Waals surface area contributed by atoms with Gasteiger partial charge >= 0.3 is 0 Å². The number of rotatable bonds is 4. The lowest BCUT2D eigenvalue weighted by Gasteiger charge is -2.41. The molecule has 1 saturated heterocycles. The molecule has 0 spiro atoms. The number of piperazine rings is 1. The van der Waals surface area contributed by atoms with E-state index in [2.05, 4.69) is 42.9 Å². The van der Waals surface area contributed by atoms with E-state index in [-0.39, 0.29) is 0 Å². The van der Waals surface area contributed by atoms with Crippen LogP contribution in [0.5, 0.6) is 0 Å². The molecule has 0 saturated carbocycles. The molecule has 0 amide bonds. The van der Waals surface area contributed by atoms with E-state index in [0.717, 1.165) is 19.6 Å². The molecular formula is C14H25N3S. The van der Waals surface area contributed by atoms with Gasteiger partial charge in [0, 0.05) is 42.8 Å². The van der Waals surface area contributed by atoms with Crippen molar-refractivity contribution in [3.8, 4) is 0 Å². The first-order valence-electron chi connectivity index (χ1n) is 6.99. The van der Waals surface area contributed by atoms with Crippen molar-refractivity contribution in [2.45, 2.75) is 52.7 Å². The van der Waals surface area contributed by atoms with Crippen molar-refractivity contribution < 1.29 is 0 Å². The highest BCUT2D eigenvalue weighted by molar-refractivity contribution is 7.11. The Bertz CT molecular complexity index is 375. The Labute approximate surface area is 115 Å². The number of hydrogen-bond acceptors (Lipinski definition) is 4. The average molecular weight is 267 g/mol. The molecule has 3 nitrogen and oxygen atoms in total. The molecule has 1 N–H and O–H groups in total. The summed E-state index contributed by atoms with van der Waals surface area (Å²) in [6, 6.07) is 1.30. The van der Waals surface area contributed by atoms with Gasteiger partial charge in [0.25, 0.3) is 0 Å². The molecule has 1 aliphatic heterocycles. The third-order valence-electron chi connectivity index (χ3n) is 3.87. The van der Waals surface area contributed by atoms with Crippen molar-refractivity contribution in [2.24, 2.45) is 5.92 Å². The first kappa shape index (κ1) is 14.0. The summed E-state index contributed by atoms with van der Waals surface area (Å²) in [5.41, 5.74) is 0. The lowest BCUT2D eigenvalue weighted by molar-refractivity contribution is 0.104. The second-order valence-electron chi connectivity index (χ2n) is 5.60. The summed E-state index contributed by atoms with van der Waals surface area (Å²) in [7, 11) is 0. The Kier molecular flexibility index (Phi) is 4.76. The quantitative estimate of drug-likeness (QED) is 0.909. The molecule has 1 fully saturated rings. The zero-order valence-electron chi connectivity index (χ0n) is 11.9. The van der Waals surface area contributed by atoms with E-state index in [1.54, 1.807) is 0 Å². The van der Waals surface area contributed by atoms with E-state index < -0.39 is 0 Å². The number of thiazole rings is 1. The van der Waals surface area contributed by atoms with Crippen molar-refractivity contribution in [1.82, 2.24) is 15.2 Å². The molecule has 0 radical (unpaired) electrons. The maximum atomic E-state index is 4.36. The maximum Gasteiger partial charge on any atom is 0.0897 e. The second kappa shape index (κ2) is 6.13. The lowest BCUT2D eigenvalue weighted by atomic mass is 9.98. The van der Waals surface area contributed by atoms with E-state index in [0.29, 0.717) is 18.0 Å². The van der Waals surface area contributed by atoms with Crippen molar-refractivity contribution >= 4 is 11.3 Å². The van der Waals surface area contributed by atoms with Crippen LogP contribution in [0.3, 0.4) is 0 Å². The highest BCUT2D eigenvalue weighted by atomic mass is 32.1. The Hall–Kier alpha value is -0.450. The first-order chi connectivity index (χ1) is 8.60. The highest BCUT2D eigenvalue weighted by Crippen LogP contribution is 2.20. The number of aromatic nitrogens is 1. The van der Waals surface area contributed by atoms with Gasteiger partial charge in [0.15, 0.2) is 0 Å². The average Bonchev–Trinajstić information content (AvgIpc) is 2.74. The number of nitrogens with one attached hydrogen (secondary N) is 1. The monoisotopic (exact) mass is 267 g/mol. The summed E-state index contributed by atoms with van der Waals surface area (Å²) in [5, 5.41) is 4.86. The van der Waals surface area contributed by atoms with E-state index in [1.807, 2.05) is 17.5 Å². The van der Waals surface area contributed by atoms with Crippen LogP contribution in [0.4, 0.5) is 0 Å². The largest absolute Gasteiger partial charge is 0.311 e. The molecule has 2 rings (SSSR count). The molecule has 4 heteroatoms. The fraction of sp³-hybridized carbons (Fsp3) is 0.786. The lowest BCUT2D eigenvalue weighted by Crippen LogP contribution is -2.57. The molecule has 1 aromatic heterocycles. The van der Waals surface area contributed by atoms with Crippen LogP contribution in [0.25, 0.3) is 0 Å². The number of nitrogens with zero attached hydrogens (tertiary/aromatic N) is 2. The number of hydrogen-bond donors (Lipinski definition) is 1. The molecule has 1 aliphatic rings. The molecule has 1 aromatic rings. The topological polar surface area (TPSA) is 28.2 Å². The van der Waals surface area contributed by atoms with Crippen LogP contribution in [0, 0.1) is 12.8 Å². The normalized spacial score (nSPS) is 25.8. The van der Waals surface area contributed by atoms with Crippen LogP contribution in [0.2, 0.25) is 0 Å². The van der Waals surface area contributed by atoms with Gasteiger partial charge in [0.2, 0.25) is 0 Å². The van der Waals surface area contributed by atoms with Crippen LogP contribution in [-0.4, -0.2) is 35.1 Å². The fourth-order valence-electron chi connectivity index (χ4n) is 2.60. The summed E-state index contributed by atoms with van der Waals surface area (Å²) in [5.74, 6) is 0.702. The standard InChI is InChI=1S/C14H25N3S/c1-5-12-6-16-14(10(2)3)9-17(12)8-13-7-15-11(4)18-13/h7,10,12,14,16H,5-6,8-9H2,1-4H3. The zero-order valence-corrected chi connectivity index (χ0v) is 12.8. The second-order valence-corrected chi connectivity index (χ2v) is 6.92. The molecule has 2 unspecified atom stereocenters. The third kappa shape index (κ3) is 3.31.